The quantitative estimate of drug-likeness (QED) is 0.178. The Balaban J connectivity index is 1.36. The SMILES string of the molecule is CCCCc1ccc2c(c1)C(N(C)CCOc1ccc(CC(OC)C(=O)O)cc1)c1ccc(-c3ccccc3)cc1CC2. The van der Waals surface area contributed by atoms with Gasteiger partial charge in [0, 0.05) is 20.1 Å². The lowest BCUT2D eigenvalue weighted by Gasteiger charge is -2.31. The van der Waals surface area contributed by atoms with Crippen LogP contribution in [0.15, 0.2) is 91.0 Å². The van der Waals surface area contributed by atoms with Crippen LogP contribution in [0.25, 0.3) is 11.1 Å². The van der Waals surface area contributed by atoms with E-state index in [0.717, 1.165) is 37.1 Å². The van der Waals surface area contributed by atoms with E-state index in [1.807, 2.05) is 24.3 Å². The Morgan fingerprint density at radius 3 is 2.35 bits per heavy atom. The van der Waals surface area contributed by atoms with Crippen LogP contribution in [0.3, 0.4) is 0 Å². The Morgan fingerprint density at radius 2 is 1.63 bits per heavy atom. The van der Waals surface area contributed by atoms with E-state index in [1.54, 1.807) is 0 Å². The number of ether oxygens (including phenoxy) is 2. The summed E-state index contributed by atoms with van der Waals surface area (Å²) in [5.41, 5.74) is 10.5. The van der Waals surface area contributed by atoms with Crippen molar-refractivity contribution in [3.63, 3.8) is 0 Å². The molecular formula is C38H43NO4. The molecule has 5 rings (SSSR count). The summed E-state index contributed by atoms with van der Waals surface area (Å²) in [6.45, 7) is 3.56. The molecular weight excluding hydrogens is 534 g/mol. The largest absolute Gasteiger partial charge is 0.492 e. The lowest BCUT2D eigenvalue weighted by atomic mass is 9.90. The van der Waals surface area contributed by atoms with Gasteiger partial charge in [-0.2, -0.15) is 0 Å². The first-order valence-electron chi connectivity index (χ1n) is 15.4. The molecule has 1 N–H and O–H groups in total. The zero-order valence-corrected chi connectivity index (χ0v) is 25.6. The molecule has 4 aromatic carbocycles. The molecule has 0 amide bonds. The number of hydrogen-bond donors (Lipinski definition) is 1. The fraction of sp³-hybridized carbons (Fsp3) is 0.342. The van der Waals surface area contributed by atoms with Crippen molar-refractivity contribution in [3.8, 4) is 16.9 Å². The Labute approximate surface area is 256 Å². The summed E-state index contributed by atoms with van der Waals surface area (Å²) in [7, 11) is 3.63. The van der Waals surface area contributed by atoms with Crippen molar-refractivity contribution < 1.29 is 19.4 Å². The van der Waals surface area contributed by atoms with Crippen LogP contribution in [-0.4, -0.2) is 49.4 Å². The van der Waals surface area contributed by atoms with Crippen molar-refractivity contribution in [1.82, 2.24) is 4.90 Å². The zero-order chi connectivity index (χ0) is 30.2. The Hall–Kier alpha value is -3.93. The third-order valence-corrected chi connectivity index (χ3v) is 8.59. The van der Waals surface area contributed by atoms with Gasteiger partial charge in [0.25, 0.3) is 0 Å². The highest BCUT2D eigenvalue weighted by atomic mass is 16.5. The van der Waals surface area contributed by atoms with E-state index in [2.05, 4.69) is 85.6 Å². The van der Waals surface area contributed by atoms with E-state index in [9.17, 15) is 9.90 Å². The second-order valence-electron chi connectivity index (χ2n) is 11.6. The highest BCUT2D eigenvalue weighted by molar-refractivity contribution is 5.72. The molecule has 0 aromatic heterocycles. The van der Waals surface area contributed by atoms with Crippen molar-refractivity contribution in [2.24, 2.45) is 0 Å². The Morgan fingerprint density at radius 1 is 0.884 bits per heavy atom. The smallest absolute Gasteiger partial charge is 0.333 e. The molecule has 5 heteroatoms. The Kier molecular flexibility index (Phi) is 10.3. The summed E-state index contributed by atoms with van der Waals surface area (Å²) < 4.78 is 11.2. The second-order valence-corrected chi connectivity index (χ2v) is 11.6. The fourth-order valence-corrected chi connectivity index (χ4v) is 6.12. The molecule has 0 saturated heterocycles. The maximum atomic E-state index is 11.3. The highest BCUT2D eigenvalue weighted by Gasteiger charge is 2.28. The molecule has 0 saturated carbocycles. The minimum atomic E-state index is -0.957. The third kappa shape index (κ3) is 7.54. The summed E-state index contributed by atoms with van der Waals surface area (Å²) in [4.78, 5) is 13.7. The van der Waals surface area contributed by atoms with Gasteiger partial charge in [0.2, 0.25) is 0 Å². The third-order valence-electron chi connectivity index (χ3n) is 8.59. The molecule has 0 aliphatic heterocycles. The normalized spacial score (nSPS) is 14.9. The molecule has 224 valence electrons. The first kappa shape index (κ1) is 30.5. The maximum Gasteiger partial charge on any atom is 0.333 e. The van der Waals surface area contributed by atoms with Crippen LogP contribution in [0.5, 0.6) is 5.75 Å². The molecule has 4 aromatic rings. The zero-order valence-electron chi connectivity index (χ0n) is 25.6. The van der Waals surface area contributed by atoms with Gasteiger partial charge in [0.1, 0.15) is 12.4 Å². The molecule has 0 spiro atoms. The van der Waals surface area contributed by atoms with Gasteiger partial charge in [-0.15, -0.1) is 0 Å². The van der Waals surface area contributed by atoms with Gasteiger partial charge in [-0.3, -0.25) is 4.90 Å². The topological polar surface area (TPSA) is 59.0 Å². The lowest BCUT2D eigenvalue weighted by molar-refractivity contribution is -0.148. The van der Waals surface area contributed by atoms with Gasteiger partial charge in [0.05, 0.1) is 6.04 Å². The van der Waals surface area contributed by atoms with Gasteiger partial charge >= 0.3 is 5.97 Å². The summed E-state index contributed by atoms with van der Waals surface area (Å²) in [6, 6.07) is 32.6. The van der Waals surface area contributed by atoms with E-state index < -0.39 is 12.1 Å². The van der Waals surface area contributed by atoms with Crippen molar-refractivity contribution >= 4 is 5.97 Å². The van der Waals surface area contributed by atoms with Gasteiger partial charge in [-0.1, -0.05) is 92.2 Å². The number of carboxylic acid groups (broad SMARTS) is 1. The molecule has 1 aliphatic carbocycles. The Bertz CT molecular complexity index is 1500. The molecule has 2 unspecified atom stereocenters. The van der Waals surface area contributed by atoms with Gasteiger partial charge < -0.3 is 14.6 Å². The van der Waals surface area contributed by atoms with Crippen LogP contribution in [0.4, 0.5) is 0 Å². The van der Waals surface area contributed by atoms with Crippen LogP contribution < -0.4 is 4.74 Å². The molecule has 1 aliphatic rings. The molecule has 0 radical (unpaired) electrons. The standard InChI is InChI=1S/C38H43NO4/c1-4-5-9-27-12-15-30-16-17-32-26-31(29-10-7-6-8-11-29)18-21-34(32)37(35(30)24-27)39(2)22-23-43-33-19-13-28(14-20-33)25-36(42-3)38(40)41/h6-8,10-15,18-21,24,26,36-37H,4-5,9,16-17,22-23,25H2,1-3H3,(H,40,41). The van der Waals surface area contributed by atoms with Crippen LogP contribution in [0.2, 0.25) is 0 Å². The number of hydrogen-bond acceptors (Lipinski definition) is 4. The summed E-state index contributed by atoms with van der Waals surface area (Å²) in [5, 5.41) is 9.27. The number of fused-ring (bicyclic) bond motifs is 2. The predicted molar refractivity (Wildman–Crippen MR) is 173 cm³/mol. The summed E-state index contributed by atoms with van der Waals surface area (Å²) in [6.07, 6.45) is 5.03. The predicted octanol–water partition coefficient (Wildman–Crippen LogP) is 7.54. The van der Waals surface area contributed by atoms with Crippen molar-refractivity contribution in [2.75, 3.05) is 27.3 Å². The molecule has 2 atom stereocenters. The van der Waals surface area contributed by atoms with E-state index in [1.165, 1.54) is 58.9 Å². The maximum absolute atomic E-state index is 11.3. The number of nitrogens with zero attached hydrogens (tertiary/aromatic N) is 1. The average molecular weight is 578 g/mol. The van der Waals surface area contributed by atoms with E-state index in [-0.39, 0.29) is 6.04 Å². The number of benzene rings is 4. The second kappa shape index (κ2) is 14.5. The lowest BCUT2D eigenvalue weighted by Crippen LogP contribution is -2.30. The number of carboxylic acids is 1. The van der Waals surface area contributed by atoms with Crippen molar-refractivity contribution in [2.45, 2.75) is 57.6 Å². The molecule has 0 fully saturated rings. The van der Waals surface area contributed by atoms with Crippen molar-refractivity contribution in [3.05, 3.63) is 124 Å². The minimum absolute atomic E-state index is 0.145. The summed E-state index contributed by atoms with van der Waals surface area (Å²) in [5.74, 6) is -0.182. The number of carbonyl (C=O) groups is 1. The van der Waals surface area contributed by atoms with E-state index in [0.29, 0.717) is 13.0 Å². The monoisotopic (exact) mass is 577 g/mol. The first-order valence-corrected chi connectivity index (χ1v) is 15.4. The number of methoxy groups -OCH3 is 1. The molecule has 0 bridgehead atoms. The number of rotatable bonds is 13. The van der Waals surface area contributed by atoms with Crippen LogP contribution >= 0.6 is 0 Å². The molecule has 0 heterocycles. The average Bonchev–Trinajstić information content (AvgIpc) is 3.19. The molecule has 5 nitrogen and oxygen atoms in total. The molecule has 43 heavy (non-hydrogen) atoms. The minimum Gasteiger partial charge on any atom is -0.492 e. The van der Waals surface area contributed by atoms with Gasteiger partial charge in [-0.25, -0.2) is 4.79 Å². The van der Waals surface area contributed by atoms with Crippen LogP contribution in [-0.2, 0) is 35.2 Å². The van der Waals surface area contributed by atoms with Gasteiger partial charge in [-0.05, 0) is 89.4 Å². The number of likely N-dealkylation sites (N-methyl/N-ethyl adjacent to an activating group) is 1. The summed E-state index contributed by atoms with van der Waals surface area (Å²) >= 11 is 0. The number of unbranched alkanes of at least 4 members (excludes halogenated alkanes) is 1. The van der Waals surface area contributed by atoms with Gasteiger partial charge in [0.15, 0.2) is 6.10 Å². The fourth-order valence-electron chi connectivity index (χ4n) is 6.12. The first-order chi connectivity index (χ1) is 21.0. The number of aryl methyl sites for hydroxylation is 3. The van der Waals surface area contributed by atoms with Crippen molar-refractivity contribution in [1.29, 1.82) is 0 Å². The van der Waals surface area contributed by atoms with E-state index in [4.69, 9.17) is 9.47 Å². The van der Waals surface area contributed by atoms with E-state index >= 15 is 0 Å². The number of aliphatic carboxylic acids is 1. The van der Waals surface area contributed by atoms with Crippen LogP contribution in [0.1, 0.15) is 59.2 Å². The highest BCUT2D eigenvalue weighted by Crippen LogP contribution is 2.38. The van der Waals surface area contributed by atoms with Crippen LogP contribution in [0, 0.1) is 0 Å².